The maximum Gasteiger partial charge on any atom is 0.340 e. The number of nitrogens with zero attached hydrogens (tertiary/aromatic N) is 1. The molecule has 0 radical (unpaired) electrons. The van der Waals surface area contributed by atoms with Crippen molar-refractivity contribution in [2.24, 2.45) is 5.92 Å². The van der Waals surface area contributed by atoms with E-state index in [4.69, 9.17) is 4.74 Å². The normalized spacial score (nSPS) is 22.5. The molecular weight excluding hydrogens is 344 g/mol. The van der Waals surface area contributed by atoms with E-state index in [1.807, 2.05) is 6.07 Å². The molecule has 3 rings (SSSR count). The Hall–Kier alpha value is -2.37. The van der Waals surface area contributed by atoms with Crippen LogP contribution in [-0.2, 0) is 14.3 Å². The SMILES string of the molecule is CCCC[C@@H](CC)CNC(=O)[C@H]1CCC(=O)N1[C@@H]1OC(=O)c2ccccc21. The van der Waals surface area contributed by atoms with Crippen molar-refractivity contribution in [3.63, 3.8) is 0 Å². The summed E-state index contributed by atoms with van der Waals surface area (Å²) in [4.78, 5) is 38.8. The highest BCUT2D eigenvalue weighted by atomic mass is 16.6. The van der Waals surface area contributed by atoms with Gasteiger partial charge in [-0.2, -0.15) is 0 Å². The van der Waals surface area contributed by atoms with E-state index < -0.39 is 18.2 Å². The van der Waals surface area contributed by atoms with Crippen LogP contribution in [-0.4, -0.2) is 35.3 Å². The number of amides is 2. The lowest BCUT2D eigenvalue weighted by Gasteiger charge is -2.29. The van der Waals surface area contributed by atoms with Crippen LogP contribution in [0.1, 0.15) is 74.5 Å². The molecular formula is C21H28N2O4. The number of carbonyl (C=O) groups is 3. The second-order valence-electron chi connectivity index (χ2n) is 7.36. The third-order valence-corrected chi connectivity index (χ3v) is 5.58. The van der Waals surface area contributed by atoms with Gasteiger partial charge in [0.05, 0.1) is 5.56 Å². The van der Waals surface area contributed by atoms with E-state index in [0.717, 1.165) is 25.7 Å². The summed E-state index contributed by atoms with van der Waals surface area (Å²) >= 11 is 0. The predicted octanol–water partition coefficient (Wildman–Crippen LogP) is 3.18. The number of carbonyl (C=O) groups excluding carboxylic acids is 3. The lowest BCUT2D eigenvalue weighted by atomic mass is 9.99. The Balaban J connectivity index is 1.70. The molecule has 0 unspecified atom stereocenters. The van der Waals surface area contributed by atoms with Crippen molar-refractivity contribution >= 4 is 17.8 Å². The first-order valence-electron chi connectivity index (χ1n) is 9.95. The van der Waals surface area contributed by atoms with Gasteiger partial charge < -0.3 is 10.1 Å². The van der Waals surface area contributed by atoms with Gasteiger partial charge >= 0.3 is 5.97 Å². The molecule has 2 amide bonds. The fourth-order valence-electron chi connectivity index (χ4n) is 3.89. The molecule has 2 aliphatic rings. The van der Waals surface area contributed by atoms with Crippen molar-refractivity contribution in [3.8, 4) is 0 Å². The second kappa shape index (κ2) is 8.55. The minimum absolute atomic E-state index is 0.150. The molecule has 3 atom stereocenters. The van der Waals surface area contributed by atoms with Gasteiger partial charge in [0, 0.05) is 18.5 Å². The molecule has 27 heavy (non-hydrogen) atoms. The van der Waals surface area contributed by atoms with Crippen LogP contribution in [0.2, 0.25) is 0 Å². The van der Waals surface area contributed by atoms with Gasteiger partial charge in [-0.25, -0.2) is 4.79 Å². The first-order chi connectivity index (χ1) is 13.1. The minimum atomic E-state index is -0.804. The Morgan fingerprint density at radius 2 is 2.07 bits per heavy atom. The van der Waals surface area contributed by atoms with Gasteiger partial charge in [-0.15, -0.1) is 0 Å². The maximum absolute atomic E-state index is 12.8. The van der Waals surface area contributed by atoms with Crippen LogP contribution in [0.15, 0.2) is 24.3 Å². The van der Waals surface area contributed by atoms with Gasteiger partial charge in [0.1, 0.15) is 6.04 Å². The van der Waals surface area contributed by atoms with Crippen LogP contribution in [0.3, 0.4) is 0 Å². The fraction of sp³-hybridized carbons (Fsp3) is 0.571. The molecule has 1 N–H and O–H groups in total. The zero-order valence-electron chi connectivity index (χ0n) is 16.1. The highest BCUT2D eigenvalue weighted by Gasteiger charge is 2.46. The summed E-state index contributed by atoms with van der Waals surface area (Å²) < 4.78 is 5.45. The standard InChI is InChI=1S/C21H28N2O4/c1-3-5-8-14(4-2)13-22-19(25)17-11-12-18(24)23(17)20-15-9-6-7-10-16(15)21(26)27-20/h6-7,9-10,14,17,20H,3-5,8,11-13H2,1-2H3,(H,22,25)/t14-,17-,20-/m1/s1. The number of rotatable bonds is 8. The monoisotopic (exact) mass is 372 g/mol. The molecule has 1 fully saturated rings. The van der Waals surface area contributed by atoms with Crippen LogP contribution >= 0.6 is 0 Å². The lowest BCUT2D eigenvalue weighted by molar-refractivity contribution is -0.145. The number of unbranched alkanes of at least 4 members (excludes halogenated alkanes) is 1. The van der Waals surface area contributed by atoms with Crippen LogP contribution < -0.4 is 5.32 Å². The Labute approximate surface area is 160 Å². The number of likely N-dealkylation sites (tertiary alicyclic amines) is 1. The highest BCUT2D eigenvalue weighted by molar-refractivity contribution is 5.96. The molecule has 146 valence electrons. The molecule has 1 aromatic carbocycles. The van der Waals surface area contributed by atoms with Gasteiger partial charge in [0.25, 0.3) is 0 Å². The molecule has 0 bridgehead atoms. The van der Waals surface area contributed by atoms with Crippen molar-refractivity contribution < 1.29 is 19.1 Å². The summed E-state index contributed by atoms with van der Waals surface area (Å²) in [5, 5.41) is 3.02. The number of nitrogens with one attached hydrogen (secondary N) is 1. The topological polar surface area (TPSA) is 75.7 Å². The van der Waals surface area contributed by atoms with E-state index >= 15 is 0 Å². The number of esters is 1. The zero-order valence-corrected chi connectivity index (χ0v) is 16.1. The number of hydrogen-bond donors (Lipinski definition) is 1. The van der Waals surface area contributed by atoms with E-state index in [9.17, 15) is 14.4 Å². The molecule has 0 saturated carbocycles. The summed E-state index contributed by atoms with van der Waals surface area (Å²) in [6.45, 7) is 4.91. The highest BCUT2D eigenvalue weighted by Crippen LogP contribution is 2.38. The average molecular weight is 372 g/mol. The number of ether oxygens (including phenoxy) is 1. The largest absolute Gasteiger partial charge is 0.433 e. The number of hydrogen-bond acceptors (Lipinski definition) is 4. The quantitative estimate of drug-likeness (QED) is 0.711. The van der Waals surface area contributed by atoms with Crippen molar-refractivity contribution in [2.75, 3.05) is 6.54 Å². The van der Waals surface area contributed by atoms with Gasteiger partial charge in [-0.1, -0.05) is 51.3 Å². The first kappa shape index (κ1) is 19.4. The fourth-order valence-corrected chi connectivity index (χ4v) is 3.89. The summed E-state index contributed by atoms with van der Waals surface area (Å²) in [6.07, 6.45) is 4.34. The molecule has 0 aromatic heterocycles. The summed E-state index contributed by atoms with van der Waals surface area (Å²) in [7, 11) is 0. The Bertz CT molecular complexity index is 718. The third-order valence-electron chi connectivity index (χ3n) is 5.58. The summed E-state index contributed by atoms with van der Waals surface area (Å²) in [5.41, 5.74) is 1.12. The lowest BCUT2D eigenvalue weighted by Crippen LogP contribution is -2.47. The van der Waals surface area contributed by atoms with Gasteiger partial charge in [-0.05, 0) is 24.8 Å². The minimum Gasteiger partial charge on any atom is -0.433 e. The first-order valence-corrected chi connectivity index (χ1v) is 9.95. The molecule has 1 saturated heterocycles. The van der Waals surface area contributed by atoms with Gasteiger partial charge in [0.2, 0.25) is 18.0 Å². The van der Waals surface area contributed by atoms with E-state index in [1.165, 1.54) is 4.90 Å². The molecule has 2 aliphatic heterocycles. The van der Waals surface area contributed by atoms with E-state index in [1.54, 1.807) is 18.2 Å². The summed E-state index contributed by atoms with van der Waals surface area (Å²) in [5.74, 6) is -0.302. The Kier molecular flexibility index (Phi) is 6.14. The van der Waals surface area contributed by atoms with Crippen molar-refractivity contribution in [3.05, 3.63) is 35.4 Å². The molecule has 6 heteroatoms. The van der Waals surface area contributed by atoms with Crippen LogP contribution in [0.5, 0.6) is 0 Å². The van der Waals surface area contributed by atoms with E-state index in [0.29, 0.717) is 36.4 Å². The van der Waals surface area contributed by atoms with Gasteiger partial charge in [-0.3, -0.25) is 14.5 Å². The molecule has 2 heterocycles. The number of benzene rings is 1. The van der Waals surface area contributed by atoms with Crippen LogP contribution in [0.25, 0.3) is 0 Å². The van der Waals surface area contributed by atoms with Gasteiger partial charge in [0.15, 0.2) is 0 Å². The zero-order chi connectivity index (χ0) is 19.4. The number of fused-ring (bicyclic) bond motifs is 1. The third kappa shape index (κ3) is 3.99. The Morgan fingerprint density at radius 3 is 2.81 bits per heavy atom. The van der Waals surface area contributed by atoms with Crippen molar-refractivity contribution in [1.29, 1.82) is 0 Å². The van der Waals surface area contributed by atoms with Crippen molar-refractivity contribution in [1.82, 2.24) is 10.2 Å². The van der Waals surface area contributed by atoms with Crippen molar-refractivity contribution in [2.45, 2.75) is 64.6 Å². The van der Waals surface area contributed by atoms with Crippen LogP contribution in [0.4, 0.5) is 0 Å². The molecule has 0 aliphatic carbocycles. The maximum atomic E-state index is 12.8. The smallest absolute Gasteiger partial charge is 0.340 e. The van der Waals surface area contributed by atoms with Crippen LogP contribution in [0, 0.1) is 5.92 Å². The number of cyclic esters (lactones) is 1. The molecule has 6 nitrogen and oxygen atoms in total. The second-order valence-corrected chi connectivity index (χ2v) is 7.36. The predicted molar refractivity (Wildman–Crippen MR) is 101 cm³/mol. The Morgan fingerprint density at radius 1 is 1.30 bits per heavy atom. The summed E-state index contributed by atoms with van der Waals surface area (Å²) in [6, 6.07) is 6.45. The van der Waals surface area contributed by atoms with E-state index in [-0.39, 0.29) is 11.8 Å². The average Bonchev–Trinajstić information content (AvgIpc) is 3.22. The van der Waals surface area contributed by atoms with E-state index in [2.05, 4.69) is 19.2 Å². The molecule has 1 aromatic rings. The molecule has 0 spiro atoms.